The monoisotopic (exact) mass is 335 g/mol. The molecule has 19 heavy (non-hydrogen) atoms. The first-order valence-corrected chi connectivity index (χ1v) is 7.31. The molecular formula is C14H10BrNO2S. The summed E-state index contributed by atoms with van der Waals surface area (Å²) in [7, 11) is 0. The zero-order valence-corrected chi connectivity index (χ0v) is 12.2. The van der Waals surface area contributed by atoms with Crippen molar-refractivity contribution in [2.75, 3.05) is 0 Å². The van der Waals surface area contributed by atoms with Crippen LogP contribution in [0.15, 0.2) is 47.1 Å². The Morgan fingerprint density at radius 2 is 2.05 bits per heavy atom. The van der Waals surface area contributed by atoms with E-state index in [-0.39, 0.29) is 0 Å². The topological polar surface area (TPSA) is 42.2 Å². The number of carboxylic acid groups (broad SMARTS) is 1. The summed E-state index contributed by atoms with van der Waals surface area (Å²) in [4.78, 5) is 12.3. The van der Waals surface area contributed by atoms with Crippen LogP contribution < -0.4 is 0 Å². The number of carbonyl (C=O) groups is 1. The summed E-state index contributed by atoms with van der Waals surface area (Å²) in [5.74, 6) is -0.866. The van der Waals surface area contributed by atoms with Gasteiger partial charge in [-0.25, -0.2) is 4.79 Å². The summed E-state index contributed by atoms with van der Waals surface area (Å²) in [6.07, 6.45) is 2.03. The maximum absolute atomic E-state index is 10.9. The molecule has 0 radical (unpaired) electrons. The largest absolute Gasteiger partial charge is 0.477 e. The lowest BCUT2D eigenvalue weighted by atomic mass is 10.2. The van der Waals surface area contributed by atoms with E-state index < -0.39 is 5.97 Å². The Balaban J connectivity index is 1.98. The lowest BCUT2D eigenvalue weighted by Gasteiger charge is -2.02. The van der Waals surface area contributed by atoms with Crippen LogP contribution in [0.3, 0.4) is 0 Å². The quantitative estimate of drug-likeness (QED) is 0.778. The van der Waals surface area contributed by atoms with Gasteiger partial charge in [-0.15, -0.1) is 11.3 Å². The Labute approximate surface area is 122 Å². The fourth-order valence-corrected chi connectivity index (χ4v) is 3.51. The Bertz CT molecular complexity index is 760. The number of benzene rings is 1. The normalized spacial score (nSPS) is 11.0. The molecule has 0 saturated heterocycles. The number of fused-ring (bicyclic) bond motifs is 1. The van der Waals surface area contributed by atoms with Gasteiger partial charge in [0, 0.05) is 26.4 Å². The Morgan fingerprint density at radius 1 is 1.26 bits per heavy atom. The third-order valence-electron chi connectivity index (χ3n) is 2.94. The van der Waals surface area contributed by atoms with Crippen LogP contribution in [-0.2, 0) is 6.54 Å². The summed E-state index contributed by atoms with van der Waals surface area (Å²) >= 11 is 4.87. The van der Waals surface area contributed by atoms with Gasteiger partial charge in [-0.3, -0.25) is 0 Å². The summed E-state index contributed by atoms with van der Waals surface area (Å²) < 4.78 is 3.18. The van der Waals surface area contributed by atoms with Crippen molar-refractivity contribution in [3.8, 4) is 0 Å². The molecule has 0 amide bonds. The first kappa shape index (κ1) is 12.4. The minimum absolute atomic E-state index is 0.380. The van der Waals surface area contributed by atoms with Crippen LogP contribution in [0.25, 0.3) is 10.9 Å². The molecule has 0 spiro atoms. The van der Waals surface area contributed by atoms with Crippen molar-refractivity contribution in [1.82, 2.24) is 4.57 Å². The fourth-order valence-electron chi connectivity index (χ4n) is 2.08. The first-order chi connectivity index (χ1) is 9.15. The molecule has 5 heteroatoms. The van der Waals surface area contributed by atoms with Crippen molar-refractivity contribution < 1.29 is 9.90 Å². The maximum atomic E-state index is 10.9. The highest BCUT2D eigenvalue weighted by molar-refractivity contribution is 9.10. The van der Waals surface area contributed by atoms with Crippen molar-refractivity contribution in [1.29, 1.82) is 0 Å². The molecule has 3 nitrogen and oxygen atoms in total. The smallest absolute Gasteiger partial charge is 0.345 e. The van der Waals surface area contributed by atoms with Crippen molar-refractivity contribution in [3.05, 3.63) is 56.8 Å². The number of halogens is 1. The van der Waals surface area contributed by atoms with E-state index in [0.717, 1.165) is 20.3 Å². The Hall–Kier alpha value is -1.59. The maximum Gasteiger partial charge on any atom is 0.345 e. The van der Waals surface area contributed by atoms with Crippen molar-refractivity contribution >= 4 is 44.1 Å². The molecule has 0 fully saturated rings. The highest BCUT2D eigenvalue weighted by Gasteiger charge is 2.10. The van der Waals surface area contributed by atoms with E-state index >= 15 is 0 Å². The predicted octanol–water partition coefficient (Wildman–Crippen LogP) is 4.21. The summed E-state index contributed by atoms with van der Waals surface area (Å²) in [6.45, 7) is 0.685. The molecule has 0 unspecified atom stereocenters. The predicted molar refractivity (Wildman–Crippen MR) is 80.0 cm³/mol. The summed E-state index contributed by atoms with van der Waals surface area (Å²) in [5.41, 5.74) is 1.14. The number of rotatable bonds is 3. The molecule has 1 aromatic carbocycles. The second-order valence-electron chi connectivity index (χ2n) is 4.19. The highest BCUT2D eigenvalue weighted by atomic mass is 79.9. The molecule has 2 heterocycles. The van der Waals surface area contributed by atoms with E-state index in [0.29, 0.717) is 11.4 Å². The molecule has 2 aromatic heterocycles. The number of aromatic carboxylic acids is 1. The van der Waals surface area contributed by atoms with E-state index in [2.05, 4.69) is 32.6 Å². The van der Waals surface area contributed by atoms with E-state index in [9.17, 15) is 4.79 Å². The lowest BCUT2D eigenvalue weighted by molar-refractivity contribution is 0.0702. The van der Waals surface area contributed by atoms with Crippen LogP contribution in [0.4, 0.5) is 0 Å². The molecule has 0 saturated carbocycles. The number of hydrogen-bond donors (Lipinski definition) is 1. The number of hydrogen-bond acceptors (Lipinski definition) is 2. The van der Waals surface area contributed by atoms with Gasteiger partial charge in [-0.2, -0.15) is 0 Å². The summed E-state index contributed by atoms with van der Waals surface area (Å²) in [6, 6.07) is 11.7. The van der Waals surface area contributed by atoms with Gasteiger partial charge in [0.25, 0.3) is 0 Å². The number of nitrogens with zero attached hydrogens (tertiary/aromatic N) is 1. The number of para-hydroxylation sites is 1. The standard InChI is InChI=1S/C14H10BrNO2S/c15-11-8-16(12-4-2-1-3-10(11)12)7-9-5-6-13(19-9)14(17)18/h1-6,8H,7H2,(H,17,18). The average Bonchev–Trinajstić information content (AvgIpc) is 2.97. The van der Waals surface area contributed by atoms with Gasteiger partial charge in [0.1, 0.15) is 4.88 Å². The molecule has 96 valence electrons. The second kappa shape index (κ2) is 4.83. The van der Waals surface area contributed by atoms with Gasteiger partial charge in [0.05, 0.1) is 6.54 Å². The van der Waals surface area contributed by atoms with E-state index in [1.807, 2.05) is 24.4 Å². The van der Waals surface area contributed by atoms with Crippen LogP contribution in [0.2, 0.25) is 0 Å². The second-order valence-corrected chi connectivity index (χ2v) is 6.22. The van der Waals surface area contributed by atoms with Crippen LogP contribution in [0, 0.1) is 0 Å². The van der Waals surface area contributed by atoms with Gasteiger partial charge < -0.3 is 9.67 Å². The zero-order valence-electron chi connectivity index (χ0n) is 9.84. The van der Waals surface area contributed by atoms with Gasteiger partial charge in [-0.05, 0) is 34.1 Å². The molecule has 0 aliphatic carbocycles. The first-order valence-electron chi connectivity index (χ1n) is 5.70. The van der Waals surface area contributed by atoms with Crippen molar-refractivity contribution in [2.45, 2.75) is 6.54 Å². The molecule has 0 bridgehead atoms. The molecule has 3 rings (SSSR count). The number of carboxylic acids is 1. The third-order valence-corrected chi connectivity index (χ3v) is 4.63. The lowest BCUT2D eigenvalue weighted by Crippen LogP contribution is -1.95. The van der Waals surface area contributed by atoms with E-state index in [4.69, 9.17) is 5.11 Å². The van der Waals surface area contributed by atoms with Crippen molar-refractivity contribution in [2.24, 2.45) is 0 Å². The molecular weight excluding hydrogens is 326 g/mol. The SMILES string of the molecule is O=C(O)c1ccc(Cn2cc(Br)c3ccccc32)s1. The van der Waals surface area contributed by atoms with E-state index in [1.165, 1.54) is 11.3 Å². The fraction of sp³-hybridized carbons (Fsp3) is 0.0714. The molecule has 1 N–H and O–H groups in total. The van der Waals surface area contributed by atoms with Crippen LogP contribution in [0.5, 0.6) is 0 Å². The molecule has 0 atom stereocenters. The van der Waals surface area contributed by atoms with E-state index in [1.54, 1.807) is 6.07 Å². The average molecular weight is 336 g/mol. The van der Waals surface area contributed by atoms with Gasteiger partial charge in [-0.1, -0.05) is 18.2 Å². The molecule has 0 aliphatic heterocycles. The van der Waals surface area contributed by atoms with Gasteiger partial charge in [0.2, 0.25) is 0 Å². The van der Waals surface area contributed by atoms with Crippen molar-refractivity contribution in [3.63, 3.8) is 0 Å². The van der Waals surface area contributed by atoms with Crippen LogP contribution in [0.1, 0.15) is 14.5 Å². The van der Waals surface area contributed by atoms with Crippen LogP contribution in [-0.4, -0.2) is 15.6 Å². The van der Waals surface area contributed by atoms with Crippen LogP contribution >= 0.6 is 27.3 Å². The Kier molecular flexibility index (Phi) is 3.16. The third kappa shape index (κ3) is 2.31. The Morgan fingerprint density at radius 3 is 2.79 bits per heavy atom. The minimum Gasteiger partial charge on any atom is -0.477 e. The highest BCUT2D eigenvalue weighted by Crippen LogP contribution is 2.27. The molecule has 0 aliphatic rings. The van der Waals surface area contributed by atoms with Gasteiger partial charge in [0.15, 0.2) is 0 Å². The number of aromatic nitrogens is 1. The summed E-state index contributed by atoms with van der Waals surface area (Å²) in [5, 5.41) is 10.1. The zero-order chi connectivity index (χ0) is 13.4. The molecule has 3 aromatic rings. The number of thiophene rings is 1. The minimum atomic E-state index is -0.866. The van der Waals surface area contributed by atoms with Gasteiger partial charge >= 0.3 is 5.97 Å².